The number of ether oxygens (including phenoxy) is 3. The van der Waals surface area contributed by atoms with E-state index in [1.165, 1.54) is 5.56 Å². The molecule has 0 bridgehead atoms. The second-order valence-corrected chi connectivity index (χ2v) is 6.59. The fourth-order valence-corrected chi connectivity index (χ4v) is 3.09. The molecular weight excluding hydrogens is 344 g/mol. The number of aromatic nitrogens is 2. The summed E-state index contributed by atoms with van der Waals surface area (Å²) in [6.07, 6.45) is 0.110. The van der Waals surface area contributed by atoms with Crippen LogP contribution in [0.3, 0.4) is 0 Å². The number of hydrogen-bond donors (Lipinski definition) is 1. The summed E-state index contributed by atoms with van der Waals surface area (Å²) < 4.78 is 16.7. The number of benzene rings is 2. The molecule has 1 aliphatic heterocycles. The summed E-state index contributed by atoms with van der Waals surface area (Å²) in [6.45, 7) is 3.49. The number of methoxy groups -OCH3 is 2. The Labute approximate surface area is 157 Å². The molecule has 3 aromatic rings. The van der Waals surface area contributed by atoms with Crippen LogP contribution in [-0.2, 0) is 0 Å². The Morgan fingerprint density at radius 3 is 2.33 bits per heavy atom. The Bertz CT molecular complexity index is 969. The van der Waals surface area contributed by atoms with Crippen LogP contribution >= 0.6 is 0 Å². The number of anilines is 2. The van der Waals surface area contributed by atoms with E-state index in [4.69, 9.17) is 19.9 Å². The number of aryl methyl sites for hydroxylation is 1. The van der Waals surface area contributed by atoms with Crippen LogP contribution in [0.5, 0.6) is 17.2 Å². The monoisotopic (exact) mass is 366 g/mol. The average Bonchev–Trinajstić information content (AvgIpc) is 2.64. The number of hydrogen-bond acceptors (Lipinski definition) is 7. The van der Waals surface area contributed by atoms with Crippen molar-refractivity contribution in [2.75, 3.05) is 37.9 Å². The Balaban J connectivity index is 1.52. The summed E-state index contributed by atoms with van der Waals surface area (Å²) in [6, 6.07) is 11.7. The van der Waals surface area contributed by atoms with Crippen molar-refractivity contribution in [2.45, 2.75) is 13.0 Å². The van der Waals surface area contributed by atoms with E-state index in [0.29, 0.717) is 36.4 Å². The Hall–Kier alpha value is -3.22. The highest BCUT2D eigenvalue weighted by molar-refractivity contribution is 5.91. The van der Waals surface area contributed by atoms with Gasteiger partial charge in [-0.05, 0) is 25.1 Å². The summed E-state index contributed by atoms with van der Waals surface area (Å²) in [5.74, 6) is 3.10. The molecule has 0 unspecified atom stereocenters. The van der Waals surface area contributed by atoms with Crippen molar-refractivity contribution < 1.29 is 14.2 Å². The van der Waals surface area contributed by atoms with Crippen LogP contribution in [0.2, 0.25) is 0 Å². The lowest BCUT2D eigenvalue weighted by atomic mass is 10.1. The highest BCUT2D eigenvalue weighted by Crippen LogP contribution is 2.34. The van der Waals surface area contributed by atoms with Gasteiger partial charge in [0.1, 0.15) is 17.7 Å². The zero-order chi connectivity index (χ0) is 19.0. The lowest BCUT2D eigenvalue weighted by Crippen LogP contribution is -2.54. The summed E-state index contributed by atoms with van der Waals surface area (Å²) in [5.41, 5.74) is 8.09. The van der Waals surface area contributed by atoms with Crippen LogP contribution < -0.4 is 24.8 Å². The van der Waals surface area contributed by atoms with E-state index in [0.717, 1.165) is 16.7 Å². The van der Waals surface area contributed by atoms with Crippen molar-refractivity contribution in [1.82, 2.24) is 9.97 Å². The standard InChI is InChI=1S/C20H22N4O3/c1-12-4-6-13(7-5-12)27-14-10-24(11-14)20-22-16-9-18(26-3)17(25-2)8-15(16)19(21)23-20/h4-9,14H,10-11H2,1-3H3,(H2,21,22,23). The topological polar surface area (TPSA) is 82.7 Å². The van der Waals surface area contributed by atoms with Gasteiger partial charge in [0.2, 0.25) is 5.95 Å². The van der Waals surface area contributed by atoms with Gasteiger partial charge < -0.3 is 24.8 Å². The predicted molar refractivity (Wildman–Crippen MR) is 105 cm³/mol. The van der Waals surface area contributed by atoms with Crippen LogP contribution in [0.15, 0.2) is 36.4 Å². The molecule has 1 saturated heterocycles. The number of nitrogens with zero attached hydrogens (tertiary/aromatic N) is 3. The first-order chi connectivity index (χ1) is 13.1. The molecule has 0 amide bonds. The van der Waals surface area contributed by atoms with Gasteiger partial charge in [0.05, 0.1) is 32.8 Å². The molecule has 1 aliphatic rings. The average molecular weight is 366 g/mol. The van der Waals surface area contributed by atoms with E-state index in [1.54, 1.807) is 20.3 Å². The summed E-state index contributed by atoms with van der Waals surface area (Å²) in [7, 11) is 3.18. The lowest BCUT2D eigenvalue weighted by Gasteiger charge is -2.39. The number of nitrogen functional groups attached to an aromatic ring is 1. The van der Waals surface area contributed by atoms with E-state index in [1.807, 2.05) is 35.2 Å². The van der Waals surface area contributed by atoms with Gasteiger partial charge in [0, 0.05) is 11.5 Å². The smallest absolute Gasteiger partial charge is 0.228 e. The SMILES string of the molecule is COc1cc2nc(N3CC(Oc4ccc(C)cc4)C3)nc(N)c2cc1OC. The van der Waals surface area contributed by atoms with Crippen LogP contribution in [0.1, 0.15) is 5.56 Å². The number of nitrogens with two attached hydrogens (primary N) is 1. The Morgan fingerprint density at radius 1 is 1.00 bits per heavy atom. The van der Waals surface area contributed by atoms with Gasteiger partial charge in [-0.25, -0.2) is 4.98 Å². The minimum atomic E-state index is 0.110. The largest absolute Gasteiger partial charge is 0.493 e. The third-order valence-electron chi connectivity index (χ3n) is 4.67. The molecule has 4 rings (SSSR count). The number of fused-ring (bicyclic) bond motifs is 1. The lowest BCUT2D eigenvalue weighted by molar-refractivity contribution is 0.166. The van der Waals surface area contributed by atoms with E-state index in [9.17, 15) is 0 Å². The van der Waals surface area contributed by atoms with Gasteiger partial charge in [-0.3, -0.25) is 0 Å². The molecule has 0 spiro atoms. The Kier molecular flexibility index (Phi) is 4.35. The zero-order valence-corrected chi connectivity index (χ0v) is 15.6. The van der Waals surface area contributed by atoms with E-state index < -0.39 is 0 Å². The van der Waals surface area contributed by atoms with Crippen molar-refractivity contribution >= 4 is 22.7 Å². The molecule has 2 heterocycles. The second kappa shape index (κ2) is 6.83. The highest BCUT2D eigenvalue weighted by atomic mass is 16.5. The maximum absolute atomic E-state index is 6.16. The molecule has 7 nitrogen and oxygen atoms in total. The molecule has 1 aromatic heterocycles. The third-order valence-corrected chi connectivity index (χ3v) is 4.67. The van der Waals surface area contributed by atoms with Gasteiger partial charge in [0.15, 0.2) is 11.5 Å². The molecule has 2 N–H and O–H groups in total. The van der Waals surface area contributed by atoms with Crippen molar-refractivity contribution in [3.63, 3.8) is 0 Å². The molecule has 0 atom stereocenters. The van der Waals surface area contributed by atoms with Crippen molar-refractivity contribution in [1.29, 1.82) is 0 Å². The van der Waals surface area contributed by atoms with Gasteiger partial charge in [-0.2, -0.15) is 4.98 Å². The van der Waals surface area contributed by atoms with Crippen molar-refractivity contribution in [2.24, 2.45) is 0 Å². The first-order valence-electron chi connectivity index (χ1n) is 8.75. The number of rotatable bonds is 5. The van der Waals surface area contributed by atoms with E-state index in [2.05, 4.69) is 16.9 Å². The molecule has 2 aromatic carbocycles. The normalized spacial score (nSPS) is 14.1. The molecule has 1 fully saturated rings. The zero-order valence-electron chi connectivity index (χ0n) is 15.6. The maximum Gasteiger partial charge on any atom is 0.228 e. The fraction of sp³-hybridized carbons (Fsp3) is 0.300. The molecule has 0 radical (unpaired) electrons. The summed E-state index contributed by atoms with van der Waals surface area (Å²) in [4.78, 5) is 11.1. The highest BCUT2D eigenvalue weighted by Gasteiger charge is 2.31. The van der Waals surface area contributed by atoms with Crippen LogP contribution in [-0.4, -0.2) is 43.4 Å². The molecule has 0 aliphatic carbocycles. The minimum Gasteiger partial charge on any atom is -0.493 e. The Morgan fingerprint density at radius 2 is 1.67 bits per heavy atom. The molecular formula is C20H22N4O3. The van der Waals surface area contributed by atoms with Crippen LogP contribution in [0.25, 0.3) is 10.9 Å². The van der Waals surface area contributed by atoms with Crippen LogP contribution in [0.4, 0.5) is 11.8 Å². The van der Waals surface area contributed by atoms with E-state index >= 15 is 0 Å². The molecule has 140 valence electrons. The molecule has 27 heavy (non-hydrogen) atoms. The third kappa shape index (κ3) is 3.28. The van der Waals surface area contributed by atoms with Crippen LogP contribution in [0, 0.1) is 6.92 Å². The second-order valence-electron chi connectivity index (χ2n) is 6.59. The predicted octanol–water partition coefficient (Wildman–Crippen LogP) is 2.81. The van der Waals surface area contributed by atoms with Gasteiger partial charge >= 0.3 is 0 Å². The van der Waals surface area contributed by atoms with Gasteiger partial charge in [0.25, 0.3) is 0 Å². The maximum atomic E-state index is 6.16. The summed E-state index contributed by atoms with van der Waals surface area (Å²) >= 11 is 0. The quantitative estimate of drug-likeness (QED) is 0.743. The van der Waals surface area contributed by atoms with E-state index in [-0.39, 0.29) is 6.10 Å². The van der Waals surface area contributed by atoms with Crippen molar-refractivity contribution in [3.05, 3.63) is 42.0 Å². The molecule has 0 saturated carbocycles. The summed E-state index contributed by atoms with van der Waals surface area (Å²) in [5, 5.41) is 0.740. The molecule has 7 heteroatoms. The van der Waals surface area contributed by atoms with Gasteiger partial charge in [-0.15, -0.1) is 0 Å². The fourth-order valence-electron chi connectivity index (χ4n) is 3.09. The first kappa shape index (κ1) is 17.2. The van der Waals surface area contributed by atoms with Gasteiger partial charge in [-0.1, -0.05) is 17.7 Å². The van der Waals surface area contributed by atoms with Crippen molar-refractivity contribution in [3.8, 4) is 17.2 Å². The minimum absolute atomic E-state index is 0.110. The first-order valence-corrected chi connectivity index (χ1v) is 8.75.